The fourth-order valence-electron chi connectivity index (χ4n) is 0.921. The van der Waals surface area contributed by atoms with Crippen LogP contribution < -0.4 is 0 Å². The van der Waals surface area contributed by atoms with E-state index in [9.17, 15) is 4.21 Å². The average Bonchev–Trinajstić information content (AvgIpc) is 2.31. The molecule has 0 spiro atoms. The van der Waals surface area contributed by atoms with Crippen molar-refractivity contribution in [2.24, 2.45) is 0 Å². The highest BCUT2D eigenvalue weighted by Crippen LogP contribution is 2.32. The molecule has 11 heavy (non-hydrogen) atoms. The van der Waals surface area contributed by atoms with Crippen LogP contribution in [0, 0.1) is 0 Å². The van der Waals surface area contributed by atoms with Crippen molar-refractivity contribution in [2.75, 3.05) is 5.75 Å². The van der Waals surface area contributed by atoms with Crippen LogP contribution in [-0.2, 0) is 10.8 Å². The van der Waals surface area contributed by atoms with Crippen LogP contribution in [0.25, 0.3) is 0 Å². The van der Waals surface area contributed by atoms with Gasteiger partial charge in [-0.1, -0.05) is 19.4 Å². The van der Waals surface area contributed by atoms with Crippen molar-refractivity contribution in [3.63, 3.8) is 0 Å². The third kappa shape index (κ3) is 2.34. The van der Waals surface area contributed by atoms with Gasteiger partial charge in [-0.15, -0.1) is 11.8 Å². The first-order valence-corrected chi connectivity index (χ1v) is 6.19. The fraction of sp³-hybridized carbons (Fsp3) is 0.750. The smallest absolute Gasteiger partial charge is 0.0679 e. The summed E-state index contributed by atoms with van der Waals surface area (Å²) in [6.45, 7) is 4.19. The molecule has 0 radical (unpaired) electrons. The Balaban J connectivity index is 2.54. The van der Waals surface area contributed by atoms with Crippen LogP contribution in [0.15, 0.2) is 10.3 Å². The molecule has 1 fully saturated rings. The lowest BCUT2D eigenvalue weighted by Crippen LogP contribution is -2.04. The van der Waals surface area contributed by atoms with Gasteiger partial charge >= 0.3 is 0 Å². The van der Waals surface area contributed by atoms with Crippen molar-refractivity contribution < 1.29 is 4.21 Å². The minimum absolute atomic E-state index is 0.364. The second kappa shape index (κ2) is 4.31. The second-order valence-corrected chi connectivity index (χ2v) is 5.89. The minimum atomic E-state index is -0.683. The predicted molar refractivity (Wildman–Crippen MR) is 53.1 cm³/mol. The van der Waals surface area contributed by atoms with Gasteiger partial charge in [0.05, 0.1) is 15.0 Å². The molecule has 3 heteroatoms. The van der Waals surface area contributed by atoms with Crippen LogP contribution in [0.3, 0.4) is 0 Å². The number of thioether (sulfide) groups is 1. The Morgan fingerprint density at radius 3 is 3.00 bits per heavy atom. The highest BCUT2D eigenvalue weighted by Gasteiger charge is 2.23. The van der Waals surface area contributed by atoms with Gasteiger partial charge in [-0.3, -0.25) is 4.21 Å². The van der Waals surface area contributed by atoms with Gasteiger partial charge in [0.25, 0.3) is 0 Å². The Hall–Kier alpha value is 0.240. The van der Waals surface area contributed by atoms with Crippen molar-refractivity contribution in [2.45, 2.75) is 31.9 Å². The van der Waals surface area contributed by atoms with Gasteiger partial charge in [0.1, 0.15) is 0 Å². The highest BCUT2D eigenvalue weighted by molar-refractivity contribution is 8.19. The summed E-state index contributed by atoms with van der Waals surface area (Å²) < 4.78 is 12.5. The van der Waals surface area contributed by atoms with Crippen LogP contribution in [0.5, 0.6) is 0 Å². The van der Waals surface area contributed by atoms with E-state index in [1.807, 2.05) is 0 Å². The van der Waals surface area contributed by atoms with Crippen LogP contribution in [0.2, 0.25) is 0 Å². The molecule has 0 amide bonds. The van der Waals surface area contributed by atoms with Gasteiger partial charge in [-0.25, -0.2) is 0 Å². The summed E-state index contributed by atoms with van der Waals surface area (Å²) in [5, 5.41) is 0.364. The van der Waals surface area contributed by atoms with Crippen molar-refractivity contribution in [3.8, 4) is 0 Å². The SMILES string of the molecule is CCC/C=C1\SC[C@@H](C)S1=O. The molecular formula is C8H14OS2. The van der Waals surface area contributed by atoms with Gasteiger partial charge in [-0.05, 0) is 13.3 Å². The van der Waals surface area contributed by atoms with E-state index in [0.717, 1.165) is 22.8 Å². The zero-order chi connectivity index (χ0) is 8.27. The summed E-state index contributed by atoms with van der Waals surface area (Å²) in [4.78, 5) is 0. The average molecular weight is 190 g/mol. The quantitative estimate of drug-likeness (QED) is 0.665. The highest BCUT2D eigenvalue weighted by atomic mass is 32.2. The maximum atomic E-state index is 11.4. The molecule has 0 saturated carbocycles. The van der Waals surface area contributed by atoms with Crippen molar-refractivity contribution >= 4 is 22.6 Å². The Kier molecular flexibility index (Phi) is 3.66. The summed E-state index contributed by atoms with van der Waals surface area (Å²) in [5.41, 5.74) is 0. The van der Waals surface area contributed by atoms with E-state index in [4.69, 9.17) is 0 Å². The minimum Gasteiger partial charge on any atom is -0.254 e. The normalized spacial score (nSPS) is 34.9. The molecule has 0 aromatic rings. The molecule has 0 aromatic carbocycles. The predicted octanol–water partition coefficient (Wildman–Crippen LogP) is 2.51. The lowest BCUT2D eigenvalue weighted by atomic mass is 10.3. The topological polar surface area (TPSA) is 17.1 Å². The molecule has 0 aliphatic carbocycles. The number of unbranched alkanes of at least 4 members (excludes halogenated alkanes) is 1. The van der Waals surface area contributed by atoms with E-state index in [2.05, 4.69) is 19.9 Å². The van der Waals surface area contributed by atoms with Crippen LogP contribution in [0.1, 0.15) is 26.7 Å². The fourth-order valence-corrected chi connectivity index (χ4v) is 4.09. The van der Waals surface area contributed by atoms with Crippen LogP contribution >= 0.6 is 11.8 Å². The largest absolute Gasteiger partial charge is 0.254 e. The summed E-state index contributed by atoms with van der Waals surface area (Å²) in [6.07, 6.45) is 4.35. The Bertz CT molecular complexity index is 187. The third-order valence-electron chi connectivity index (χ3n) is 1.62. The summed E-state index contributed by atoms with van der Waals surface area (Å²) >= 11 is 1.76. The lowest BCUT2D eigenvalue weighted by molar-refractivity contribution is 0.683. The summed E-state index contributed by atoms with van der Waals surface area (Å²) in [7, 11) is -0.683. The van der Waals surface area contributed by atoms with Gasteiger partial charge in [0.15, 0.2) is 0 Å². The summed E-state index contributed by atoms with van der Waals surface area (Å²) in [6, 6.07) is 0. The van der Waals surface area contributed by atoms with E-state index in [1.54, 1.807) is 11.8 Å². The first-order chi connectivity index (χ1) is 5.25. The first-order valence-electron chi connectivity index (χ1n) is 3.99. The maximum Gasteiger partial charge on any atom is 0.0679 e. The van der Waals surface area contributed by atoms with E-state index >= 15 is 0 Å². The van der Waals surface area contributed by atoms with Crippen molar-refractivity contribution in [1.29, 1.82) is 0 Å². The van der Waals surface area contributed by atoms with Crippen molar-refractivity contribution in [1.82, 2.24) is 0 Å². The number of hydrogen-bond donors (Lipinski definition) is 0. The van der Waals surface area contributed by atoms with Crippen LogP contribution in [0.4, 0.5) is 0 Å². The molecule has 1 saturated heterocycles. The standard InChI is InChI=1S/C8H14OS2/c1-3-4-5-8-10-6-7(2)11(8)9/h5,7H,3-4,6H2,1-2H3/b8-5+/t7-,11?/m1/s1. The Labute approximate surface area is 75.1 Å². The Morgan fingerprint density at radius 2 is 2.55 bits per heavy atom. The van der Waals surface area contributed by atoms with Gasteiger partial charge in [0, 0.05) is 11.0 Å². The molecule has 1 unspecified atom stereocenters. The van der Waals surface area contributed by atoms with E-state index < -0.39 is 10.8 Å². The molecule has 1 aliphatic rings. The lowest BCUT2D eigenvalue weighted by Gasteiger charge is -1.95. The zero-order valence-electron chi connectivity index (χ0n) is 7.00. The number of allylic oxidation sites excluding steroid dienone is 1. The molecule has 1 nitrogen and oxygen atoms in total. The molecule has 2 atom stereocenters. The van der Waals surface area contributed by atoms with E-state index in [0.29, 0.717) is 5.25 Å². The molecule has 0 bridgehead atoms. The number of hydrogen-bond acceptors (Lipinski definition) is 2. The third-order valence-corrected chi connectivity index (χ3v) is 5.26. The Morgan fingerprint density at radius 1 is 1.82 bits per heavy atom. The summed E-state index contributed by atoms with van der Waals surface area (Å²) in [5.74, 6) is 1.03. The van der Waals surface area contributed by atoms with Crippen LogP contribution in [-0.4, -0.2) is 15.2 Å². The molecule has 0 N–H and O–H groups in total. The second-order valence-electron chi connectivity index (χ2n) is 2.73. The van der Waals surface area contributed by atoms with Crippen molar-refractivity contribution in [3.05, 3.63) is 10.3 Å². The number of rotatable bonds is 2. The monoisotopic (exact) mass is 190 g/mol. The molecule has 1 aliphatic heterocycles. The molecular weight excluding hydrogens is 176 g/mol. The van der Waals surface area contributed by atoms with Gasteiger partial charge in [-0.2, -0.15) is 0 Å². The molecule has 0 aromatic heterocycles. The maximum absolute atomic E-state index is 11.4. The zero-order valence-corrected chi connectivity index (χ0v) is 8.63. The molecule has 1 rings (SSSR count). The van der Waals surface area contributed by atoms with Gasteiger partial charge < -0.3 is 0 Å². The molecule has 1 heterocycles. The van der Waals surface area contributed by atoms with E-state index in [-0.39, 0.29) is 0 Å². The first kappa shape index (κ1) is 9.33. The van der Waals surface area contributed by atoms with E-state index in [1.165, 1.54) is 0 Å². The molecule has 64 valence electrons. The van der Waals surface area contributed by atoms with Gasteiger partial charge in [0.2, 0.25) is 0 Å².